The van der Waals surface area contributed by atoms with E-state index in [0.29, 0.717) is 5.02 Å². The van der Waals surface area contributed by atoms with Crippen molar-refractivity contribution >= 4 is 66.1 Å². The molecule has 1 nitrogen and oxygen atoms in total. The van der Waals surface area contributed by atoms with Crippen molar-refractivity contribution in [2.24, 2.45) is 5.73 Å². The number of hydrogen-bond donors (Lipinski definition) is 1. The Morgan fingerprint density at radius 1 is 1.11 bits per heavy atom. The summed E-state index contributed by atoms with van der Waals surface area (Å²) in [5.41, 5.74) is 9.63. The number of nitrogens with two attached hydrogens (primary N) is 1. The highest BCUT2D eigenvalue weighted by Gasteiger charge is 2.16. The van der Waals surface area contributed by atoms with Crippen molar-refractivity contribution in [2.75, 3.05) is 0 Å². The highest BCUT2D eigenvalue weighted by molar-refractivity contribution is 14.1. The maximum atomic E-state index is 6.39. The van der Waals surface area contributed by atoms with Gasteiger partial charge in [-0.25, -0.2) is 0 Å². The molecule has 1 atom stereocenters. The fraction of sp³-hybridized carbons (Fsp3) is 0.143. The molecule has 0 aliphatic heterocycles. The van der Waals surface area contributed by atoms with Crippen LogP contribution in [0.15, 0.2) is 39.3 Å². The van der Waals surface area contributed by atoms with Gasteiger partial charge in [0.2, 0.25) is 0 Å². The summed E-state index contributed by atoms with van der Waals surface area (Å²) in [6.07, 6.45) is 0. The third kappa shape index (κ3) is 3.53. The van der Waals surface area contributed by atoms with E-state index in [0.717, 1.165) is 23.6 Å². The predicted octanol–water partition coefficient (Wildman–Crippen LogP) is 5.83. The first kappa shape index (κ1) is 15.8. The molecule has 0 bridgehead atoms. The molecule has 2 aromatic rings. The Hall–Kier alpha value is 0.380. The maximum absolute atomic E-state index is 6.39. The van der Waals surface area contributed by atoms with E-state index >= 15 is 0 Å². The van der Waals surface area contributed by atoms with Crippen LogP contribution in [0.4, 0.5) is 0 Å². The normalized spacial score (nSPS) is 12.5. The van der Waals surface area contributed by atoms with Crippen LogP contribution in [0, 0.1) is 10.5 Å². The Morgan fingerprint density at radius 2 is 1.79 bits per heavy atom. The van der Waals surface area contributed by atoms with Crippen molar-refractivity contribution in [3.05, 3.63) is 64.6 Å². The Morgan fingerprint density at radius 3 is 2.47 bits per heavy atom. The number of benzene rings is 2. The van der Waals surface area contributed by atoms with Crippen LogP contribution in [0.5, 0.6) is 0 Å². The summed E-state index contributed by atoms with van der Waals surface area (Å²) in [6.45, 7) is 2.05. The predicted molar refractivity (Wildman–Crippen MR) is 96.8 cm³/mol. The van der Waals surface area contributed by atoms with Gasteiger partial charge in [0.15, 0.2) is 0 Å². The van der Waals surface area contributed by atoms with E-state index in [1.807, 2.05) is 25.1 Å². The molecule has 0 fully saturated rings. The molecule has 5 heteroatoms. The first-order chi connectivity index (χ1) is 8.90. The number of aryl methyl sites for hydroxylation is 1. The average Bonchev–Trinajstić information content (AvgIpc) is 2.36. The lowest BCUT2D eigenvalue weighted by Gasteiger charge is -2.17. The van der Waals surface area contributed by atoms with Gasteiger partial charge in [0.05, 0.1) is 6.04 Å². The SMILES string of the molecule is Cc1cc(Br)c(C(N)c2cc(Cl)ccc2I)cc1Br. The van der Waals surface area contributed by atoms with Gasteiger partial charge in [-0.1, -0.05) is 43.5 Å². The molecule has 0 aliphatic rings. The van der Waals surface area contributed by atoms with Crippen molar-refractivity contribution < 1.29 is 0 Å². The number of rotatable bonds is 2. The maximum Gasteiger partial charge on any atom is 0.0574 e. The van der Waals surface area contributed by atoms with Gasteiger partial charge in [0.25, 0.3) is 0 Å². The molecule has 0 heterocycles. The van der Waals surface area contributed by atoms with Crippen molar-refractivity contribution in [2.45, 2.75) is 13.0 Å². The van der Waals surface area contributed by atoms with Crippen molar-refractivity contribution in [3.8, 4) is 0 Å². The summed E-state index contributed by atoms with van der Waals surface area (Å²) in [5.74, 6) is 0. The highest BCUT2D eigenvalue weighted by Crippen LogP contribution is 2.34. The molecule has 0 saturated heterocycles. The fourth-order valence-electron chi connectivity index (χ4n) is 1.82. The van der Waals surface area contributed by atoms with Crippen molar-refractivity contribution in [3.63, 3.8) is 0 Å². The molecule has 0 aromatic heterocycles. The van der Waals surface area contributed by atoms with Gasteiger partial charge >= 0.3 is 0 Å². The van der Waals surface area contributed by atoms with E-state index in [1.165, 1.54) is 5.56 Å². The zero-order valence-corrected chi connectivity index (χ0v) is 16.1. The molecule has 19 heavy (non-hydrogen) atoms. The van der Waals surface area contributed by atoms with Crippen LogP contribution in [0.1, 0.15) is 22.7 Å². The van der Waals surface area contributed by atoms with Crippen molar-refractivity contribution in [1.29, 1.82) is 0 Å². The summed E-state index contributed by atoms with van der Waals surface area (Å²) in [7, 11) is 0. The lowest BCUT2D eigenvalue weighted by molar-refractivity contribution is 0.858. The minimum atomic E-state index is -0.211. The van der Waals surface area contributed by atoms with Gasteiger partial charge in [0.1, 0.15) is 0 Å². The molecule has 0 aliphatic carbocycles. The van der Waals surface area contributed by atoms with Gasteiger partial charge in [-0.15, -0.1) is 0 Å². The summed E-state index contributed by atoms with van der Waals surface area (Å²) in [5, 5.41) is 0.702. The molecule has 2 aromatic carbocycles. The van der Waals surface area contributed by atoms with Crippen LogP contribution in [-0.4, -0.2) is 0 Å². The van der Waals surface area contributed by atoms with E-state index in [2.05, 4.69) is 66.6 Å². The fourth-order valence-corrected chi connectivity index (χ4v) is 3.74. The summed E-state index contributed by atoms with van der Waals surface area (Å²) in [4.78, 5) is 0. The van der Waals surface area contributed by atoms with Crippen LogP contribution in [0.2, 0.25) is 5.02 Å². The quantitative estimate of drug-likeness (QED) is 0.501. The van der Waals surface area contributed by atoms with E-state index in [9.17, 15) is 0 Å². The smallest absolute Gasteiger partial charge is 0.0574 e. The topological polar surface area (TPSA) is 26.0 Å². The molecule has 0 saturated carbocycles. The molecular weight excluding hydrogens is 504 g/mol. The monoisotopic (exact) mass is 513 g/mol. The molecule has 2 rings (SSSR count). The van der Waals surface area contributed by atoms with E-state index in [-0.39, 0.29) is 6.04 Å². The zero-order valence-electron chi connectivity index (χ0n) is 10.1. The third-order valence-corrected chi connectivity index (χ3v) is 5.66. The minimum absolute atomic E-state index is 0.211. The molecule has 0 amide bonds. The first-order valence-corrected chi connectivity index (χ1v) is 8.60. The summed E-state index contributed by atoms with van der Waals surface area (Å²) in [6, 6.07) is 9.69. The molecule has 0 spiro atoms. The second-order valence-electron chi connectivity index (χ2n) is 4.27. The highest BCUT2D eigenvalue weighted by atomic mass is 127. The number of hydrogen-bond acceptors (Lipinski definition) is 1. The second-order valence-corrected chi connectivity index (χ2v) is 7.57. The minimum Gasteiger partial charge on any atom is -0.320 e. The summed E-state index contributed by atoms with van der Waals surface area (Å²) < 4.78 is 3.17. The third-order valence-electron chi connectivity index (χ3n) is 2.91. The average molecular weight is 515 g/mol. The van der Waals surface area contributed by atoms with Gasteiger partial charge in [-0.2, -0.15) is 0 Å². The number of halogens is 4. The lowest BCUT2D eigenvalue weighted by Crippen LogP contribution is -2.14. The summed E-state index contributed by atoms with van der Waals surface area (Å²) >= 11 is 15.5. The van der Waals surface area contributed by atoms with E-state index in [1.54, 1.807) is 0 Å². The lowest BCUT2D eigenvalue weighted by atomic mass is 9.99. The second kappa shape index (κ2) is 6.43. The largest absolute Gasteiger partial charge is 0.320 e. The zero-order chi connectivity index (χ0) is 14.2. The Labute approximate surface area is 148 Å². The van der Waals surface area contributed by atoms with Crippen LogP contribution >= 0.6 is 66.1 Å². The van der Waals surface area contributed by atoms with E-state index in [4.69, 9.17) is 17.3 Å². The Balaban J connectivity index is 2.52. The van der Waals surface area contributed by atoms with Crippen molar-refractivity contribution in [1.82, 2.24) is 0 Å². The van der Waals surface area contributed by atoms with Crippen LogP contribution in [-0.2, 0) is 0 Å². The van der Waals surface area contributed by atoms with Crippen LogP contribution in [0.3, 0.4) is 0 Å². The van der Waals surface area contributed by atoms with Gasteiger partial charge in [-0.3, -0.25) is 0 Å². The molecule has 1 unspecified atom stereocenters. The molecule has 100 valence electrons. The van der Waals surface area contributed by atoms with Gasteiger partial charge < -0.3 is 5.73 Å². The molecule has 2 N–H and O–H groups in total. The Bertz CT molecular complexity index is 631. The van der Waals surface area contributed by atoms with E-state index < -0.39 is 0 Å². The van der Waals surface area contributed by atoms with Crippen LogP contribution < -0.4 is 5.73 Å². The van der Waals surface area contributed by atoms with Gasteiger partial charge in [-0.05, 0) is 76.5 Å². The van der Waals surface area contributed by atoms with Gasteiger partial charge in [0, 0.05) is 17.5 Å². The molecule has 0 radical (unpaired) electrons. The first-order valence-electron chi connectivity index (χ1n) is 5.56. The standard InChI is InChI=1S/C14H11Br2ClIN/c1-7-4-12(16)9(6-11(7)15)14(19)10-5-8(17)2-3-13(10)18/h2-6,14H,19H2,1H3. The Kier molecular flexibility index (Phi) is 5.34. The molecular formula is C14H11Br2ClIN. The van der Waals surface area contributed by atoms with Crippen LogP contribution in [0.25, 0.3) is 0 Å².